The van der Waals surface area contributed by atoms with Gasteiger partial charge in [-0.25, -0.2) is 8.42 Å². The van der Waals surface area contributed by atoms with Crippen molar-refractivity contribution in [3.8, 4) is 5.75 Å². The Bertz CT molecular complexity index is 564. The number of piperazine rings is 1. The number of ether oxygens (including phenoxy) is 1. The summed E-state index contributed by atoms with van der Waals surface area (Å²) < 4.78 is 30.9. The Labute approximate surface area is 140 Å². The summed E-state index contributed by atoms with van der Waals surface area (Å²) in [5.41, 5.74) is 1.31. The van der Waals surface area contributed by atoms with Crippen LogP contribution in [-0.4, -0.2) is 63.2 Å². The fraction of sp³-hybridized carbons (Fsp3) is 0.647. The molecule has 0 unspecified atom stereocenters. The molecule has 0 aliphatic carbocycles. The summed E-state index contributed by atoms with van der Waals surface area (Å²) in [5.74, 6) is 1.16. The number of benzene rings is 1. The predicted molar refractivity (Wildman–Crippen MR) is 93.4 cm³/mol. The van der Waals surface area contributed by atoms with Gasteiger partial charge in [-0.2, -0.15) is 4.31 Å². The van der Waals surface area contributed by atoms with Gasteiger partial charge in [-0.15, -0.1) is 0 Å². The molecule has 23 heavy (non-hydrogen) atoms. The number of hydrogen-bond donors (Lipinski definition) is 0. The molecule has 1 saturated heterocycles. The zero-order valence-corrected chi connectivity index (χ0v) is 15.0. The van der Waals surface area contributed by atoms with Crippen molar-refractivity contribution in [1.29, 1.82) is 0 Å². The molecule has 5 nitrogen and oxygen atoms in total. The number of hydrogen-bond acceptors (Lipinski definition) is 4. The second-order valence-corrected chi connectivity index (χ2v) is 8.10. The van der Waals surface area contributed by atoms with Gasteiger partial charge in [0.2, 0.25) is 10.0 Å². The molecule has 0 aromatic heterocycles. The third kappa shape index (κ3) is 5.48. The van der Waals surface area contributed by atoms with Gasteiger partial charge in [-0.1, -0.05) is 19.1 Å². The van der Waals surface area contributed by atoms with Crippen LogP contribution in [0.4, 0.5) is 0 Å². The normalized spacial score (nSPS) is 17.3. The van der Waals surface area contributed by atoms with Crippen LogP contribution >= 0.6 is 0 Å². The molecular weight excluding hydrogens is 312 g/mol. The molecule has 0 bridgehead atoms. The lowest BCUT2D eigenvalue weighted by Crippen LogP contribution is -2.49. The van der Waals surface area contributed by atoms with E-state index in [-0.39, 0.29) is 5.75 Å². The van der Waals surface area contributed by atoms with Gasteiger partial charge >= 0.3 is 0 Å². The van der Waals surface area contributed by atoms with Crippen LogP contribution in [-0.2, 0) is 16.4 Å². The molecule has 6 heteroatoms. The lowest BCUT2D eigenvalue weighted by molar-refractivity contribution is 0.187. The number of methoxy groups -OCH3 is 1. The topological polar surface area (TPSA) is 49.9 Å². The number of sulfonamides is 1. The third-order valence-electron chi connectivity index (χ3n) is 4.29. The Morgan fingerprint density at radius 1 is 1.09 bits per heavy atom. The third-order valence-corrected chi connectivity index (χ3v) is 6.36. The van der Waals surface area contributed by atoms with Crippen LogP contribution in [0.3, 0.4) is 0 Å². The summed E-state index contributed by atoms with van der Waals surface area (Å²) in [4.78, 5) is 2.36. The number of rotatable bonds is 8. The molecule has 0 amide bonds. The minimum Gasteiger partial charge on any atom is -0.497 e. The van der Waals surface area contributed by atoms with Gasteiger partial charge in [0, 0.05) is 26.2 Å². The SMILES string of the molecule is CCCS(=O)(=O)N1CCN(CCCc2ccc(OC)cc2)CC1. The molecule has 1 aliphatic heterocycles. The van der Waals surface area contributed by atoms with E-state index >= 15 is 0 Å². The monoisotopic (exact) mass is 340 g/mol. The van der Waals surface area contributed by atoms with E-state index in [1.54, 1.807) is 11.4 Å². The van der Waals surface area contributed by atoms with Crippen LogP contribution in [0.25, 0.3) is 0 Å². The van der Waals surface area contributed by atoms with E-state index in [0.29, 0.717) is 19.5 Å². The van der Waals surface area contributed by atoms with Gasteiger partial charge in [0.25, 0.3) is 0 Å². The maximum atomic E-state index is 12.0. The van der Waals surface area contributed by atoms with Gasteiger partial charge < -0.3 is 9.64 Å². The Hall–Kier alpha value is -1.11. The maximum absolute atomic E-state index is 12.0. The van der Waals surface area contributed by atoms with Crippen LogP contribution in [0.5, 0.6) is 5.75 Å². The summed E-state index contributed by atoms with van der Waals surface area (Å²) in [5, 5.41) is 0. The predicted octanol–water partition coefficient (Wildman–Crippen LogP) is 1.99. The second kappa shape index (κ2) is 8.66. The van der Waals surface area contributed by atoms with Gasteiger partial charge in [-0.05, 0) is 43.5 Å². The van der Waals surface area contributed by atoms with Crippen molar-refractivity contribution in [2.75, 3.05) is 45.6 Å². The van der Waals surface area contributed by atoms with Crippen LogP contribution < -0.4 is 4.74 Å². The fourth-order valence-electron chi connectivity index (χ4n) is 2.92. The molecule has 2 rings (SSSR count). The van der Waals surface area contributed by atoms with Crippen LogP contribution in [0.2, 0.25) is 0 Å². The standard InChI is InChI=1S/C17H28N2O3S/c1-3-15-23(20,21)19-13-11-18(12-14-19)10-4-5-16-6-8-17(22-2)9-7-16/h6-9H,3-5,10-15H2,1-2H3. The van der Waals surface area contributed by atoms with Gasteiger partial charge in [0.05, 0.1) is 12.9 Å². The average molecular weight is 340 g/mol. The van der Waals surface area contributed by atoms with Crippen LogP contribution in [0.15, 0.2) is 24.3 Å². The van der Waals surface area contributed by atoms with Crippen LogP contribution in [0, 0.1) is 0 Å². The zero-order chi connectivity index (χ0) is 16.7. The van der Waals surface area contributed by atoms with Crippen LogP contribution in [0.1, 0.15) is 25.3 Å². The van der Waals surface area contributed by atoms with Crippen molar-refractivity contribution in [3.05, 3.63) is 29.8 Å². The number of nitrogens with zero attached hydrogens (tertiary/aromatic N) is 2. The molecule has 0 radical (unpaired) electrons. The molecule has 0 N–H and O–H groups in total. The summed E-state index contributed by atoms with van der Waals surface area (Å²) in [7, 11) is -1.36. The van der Waals surface area contributed by atoms with E-state index < -0.39 is 10.0 Å². The Morgan fingerprint density at radius 2 is 1.74 bits per heavy atom. The molecule has 0 spiro atoms. The highest BCUT2D eigenvalue weighted by molar-refractivity contribution is 7.89. The van der Waals surface area contributed by atoms with Crippen molar-refractivity contribution in [1.82, 2.24) is 9.21 Å². The van der Waals surface area contributed by atoms with E-state index in [4.69, 9.17) is 4.74 Å². The highest BCUT2D eigenvalue weighted by Gasteiger charge is 2.25. The number of aryl methyl sites for hydroxylation is 1. The fourth-order valence-corrected chi connectivity index (χ4v) is 4.41. The first-order chi connectivity index (χ1) is 11.0. The van der Waals surface area contributed by atoms with Crippen molar-refractivity contribution >= 4 is 10.0 Å². The lowest BCUT2D eigenvalue weighted by atomic mass is 10.1. The molecule has 1 heterocycles. The molecule has 1 aliphatic rings. The van der Waals surface area contributed by atoms with Crippen molar-refractivity contribution < 1.29 is 13.2 Å². The largest absolute Gasteiger partial charge is 0.497 e. The zero-order valence-electron chi connectivity index (χ0n) is 14.2. The molecule has 1 aromatic carbocycles. The first kappa shape index (κ1) is 18.2. The van der Waals surface area contributed by atoms with Crippen molar-refractivity contribution in [2.24, 2.45) is 0 Å². The van der Waals surface area contributed by atoms with E-state index in [2.05, 4.69) is 17.0 Å². The van der Waals surface area contributed by atoms with E-state index in [1.807, 2.05) is 19.1 Å². The van der Waals surface area contributed by atoms with Crippen molar-refractivity contribution in [2.45, 2.75) is 26.2 Å². The second-order valence-electron chi connectivity index (χ2n) is 6.01. The smallest absolute Gasteiger partial charge is 0.214 e. The molecule has 130 valence electrons. The van der Waals surface area contributed by atoms with E-state index in [9.17, 15) is 8.42 Å². The molecule has 0 atom stereocenters. The minimum atomic E-state index is -3.03. The molecular formula is C17H28N2O3S. The molecule has 0 saturated carbocycles. The van der Waals surface area contributed by atoms with Crippen molar-refractivity contribution in [3.63, 3.8) is 0 Å². The summed E-state index contributed by atoms with van der Waals surface area (Å²) in [6.45, 7) is 5.87. The summed E-state index contributed by atoms with van der Waals surface area (Å²) >= 11 is 0. The first-order valence-electron chi connectivity index (χ1n) is 8.38. The quantitative estimate of drug-likeness (QED) is 0.726. The highest BCUT2D eigenvalue weighted by Crippen LogP contribution is 2.14. The maximum Gasteiger partial charge on any atom is 0.214 e. The Morgan fingerprint density at radius 3 is 2.30 bits per heavy atom. The summed E-state index contributed by atoms with van der Waals surface area (Å²) in [6, 6.07) is 8.20. The van der Waals surface area contributed by atoms with Gasteiger partial charge in [0.15, 0.2) is 0 Å². The first-order valence-corrected chi connectivity index (χ1v) is 9.99. The Balaban J connectivity index is 1.70. The lowest BCUT2D eigenvalue weighted by Gasteiger charge is -2.33. The van der Waals surface area contributed by atoms with Gasteiger partial charge in [-0.3, -0.25) is 0 Å². The molecule has 1 fully saturated rings. The van der Waals surface area contributed by atoms with Gasteiger partial charge in [0.1, 0.15) is 5.75 Å². The average Bonchev–Trinajstić information content (AvgIpc) is 2.56. The highest BCUT2D eigenvalue weighted by atomic mass is 32.2. The Kier molecular flexibility index (Phi) is 6.87. The molecule has 1 aromatic rings. The minimum absolute atomic E-state index is 0.268. The summed E-state index contributed by atoms with van der Waals surface area (Å²) in [6.07, 6.45) is 2.82. The van der Waals surface area contributed by atoms with E-state index in [0.717, 1.165) is 38.2 Å². The van der Waals surface area contributed by atoms with E-state index in [1.165, 1.54) is 5.56 Å².